The molecule has 1 aromatic heterocycles. The van der Waals surface area contributed by atoms with E-state index in [4.69, 9.17) is 0 Å². The number of amides is 1. The van der Waals surface area contributed by atoms with Gasteiger partial charge in [0.1, 0.15) is 19.8 Å². The molecule has 0 aliphatic carbocycles. The van der Waals surface area contributed by atoms with Gasteiger partial charge in [0.15, 0.2) is 0 Å². The number of aromatic nitrogens is 1. The fourth-order valence-electron chi connectivity index (χ4n) is 2.19. The van der Waals surface area contributed by atoms with Gasteiger partial charge in [0.25, 0.3) is 5.91 Å². The van der Waals surface area contributed by atoms with Gasteiger partial charge in [-0.3, -0.25) is 4.79 Å². The molecule has 0 spiro atoms. The Hall–Kier alpha value is -2.65. The number of carbonyl (C=O) groups excluding carboxylic acids is 1. The molecule has 0 fully saturated rings. The number of carboxylic acids is 1. The Kier molecular flexibility index (Phi) is 6.07. The summed E-state index contributed by atoms with van der Waals surface area (Å²) < 4.78 is 0. The zero-order valence-electron chi connectivity index (χ0n) is 16.5. The summed E-state index contributed by atoms with van der Waals surface area (Å²) in [5, 5.41) is 13.0. The number of nitrogens with one attached hydrogen (secondary N) is 1. The van der Waals surface area contributed by atoms with Crippen LogP contribution in [0, 0.1) is 11.5 Å². The molecule has 1 heterocycles. The monoisotopic (exact) mass is 382 g/mol. The van der Waals surface area contributed by atoms with E-state index in [1.54, 1.807) is 12.1 Å². The first-order chi connectivity index (χ1) is 12.5. The third-order valence-electron chi connectivity index (χ3n) is 5.02. The van der Waals surface area contributed by atoms with Crippen LogP contribution in [0.3, 0.4) is 0 Å². The average Bonchev–Trinajstić information content (AvgIpc) is 2.59. The summed E-state index contributed by atoms with van der Waals surface area (Å²) >= 11 is 0. The van der Waals surface area contributed by atoms with Crippen LogP contribution < -0.4 is 5.32 Å². The van der Waals surface area contributed by atoms with Crippen molar-refractivity contribution in [3.05, 3.63) is 42.1 Å². The minimum absolute atomic E-state index is 0.0706. The lowest BCUT2D eigenvalue weighted by molar-refractivity contribution is -0.139. The predicted octanol–water partition coefficient (Wildman–Crippen LogP) is 3.86. The van der Waals surface area contributed by atoms with Gasteiger partial charge in [0.2, 0.25) is 0 Å². The number of nitrogens with zero attached hydrogens (tertiary/aromatic N) is 1. The molecule has 0 aliphatic rings. The minimum atomic E-state index is -1.82. The van der Waals surface area contributed by atoms with Crippen LogP contribution in [0.5, 0.6) is 0 Å². The molecule has 0 aliphatic heterocycles. The lowest BCUT2D eigenvalue weighted by atomic mass is 10.2. The second-order valence-corrected chi connectivity index (χ2v) is 13.1. The van der Waals surface area contributed by atoms with Crippen LogP contribution in [0.4, 0.5) is 0 Å². The molecule has 0 saturated heterocycles. The van der Waals surface area contributed by atoms with E-state index in [9.17, 15) is 14.7 Å². The van der Waals surface area contributed by atoms with Crippen molar-refractivity contribution >= 4 is 30.9 Å². The number of rotatable bonds is 4. The van der Waals surface area contributed by atoms with Crippen LogP contribution in [-0.2, 0) is 4.79 Å². The van der Waals surface area contributed by atoms with Crippen LogP contribution in [0.25, 0.3) is 10.9 Å². The quantitative estimate of drug-likeness (QED) is 0.622. The van der Waals surface area contributed by atoms with Gasteiger partial charge in [0.05, 0.1) is 5.52 Å². The maximum absolute atomic E-state index is 12.4. The van der Waals surface area contributed by atoms with E-state index in [0.717, 1.165) is 5.39 Å². The van der Waals surface area contributed by atoms with Crippen molar-refractivity contribution in [1.29, 1.82) is 0 Å². The number of aliphatic carboxylic acids is 1. The predicted molar refractivity (Wildman–Crippen MR) is 110 cm³/mol. The molecule has 2 N–H and O–H groups in total. The second-order valence-electron chi connectivity index (χ2n) is 8.13. The molecule has 0 saturated carbocycles. The SMILES string of the molecule is CC(C)(C)[Si](C)(C)C#CC[C@H](NC(=O)c1ccc2ccccc2n1)C(=O)O. The topological polar surface area (TPSA) is 79.3 Å². The third-order valence-corrected chi connectivity index (χ3v) is 9.57. The maximum Gasteiger partial charge on any atom is 0.327 e. The van der Waals surface area contributed by atoms with E-state index in [2.05, 4.69) is 55.6 Å². The normalized spacial score (nSPS) is 12.8. The van der Waals surface area contributed by atoms with E-state index in [-0.39, 0.29) is 17.2 Å². The van der Waals surface area contributed by atoms with Crippen LogP contribution in [0.1, 0.15) is 37.7 Å². The van der Waals surface area contributed by atoms with Crippen molar-refractivity contribution in [2.24, 2.45) is 0 Å². The highest BCUT2D eigenvalue weighted by molar-refractivity contribution is 6.87. The molecule has 6 heteroatoms. The molecule has 1 aromatic carbocycles. The molecule has 142 valence electrons. The smallest absolute Gasteiger partial charge is 0.327 e. The highest BCUT2D eigenvalue weighted by atomic mass is 28.3. The fourth-order valence-corrected chi connectivity index (χ4v) is 3.11. The van der Waals surface area contributed by atoms with Gasteiger partial charge < -0.3 is 10.4 Å². The standard InChI is InChI=1S/C21H26N2O3Si/c1-21(2,3)27(4,5)14-8-11-18(20(25)26)23-19(24)17-13-12-15-9-6-7-10-16(15)22-17/h6-7,9-10,12-13,18H,11H2,1-5H3,(H,23,24)(H,25,26)/t18-/m0/s1. The summed E-state index contributed by atoms with van der Waals surface area (Å²) in [6, 6.07) is 9.77. The molecule has 0 radical (unpaired) electrons. The molecule has 0 unspecified atom stereocenters. The number of para-hydroxylation sites is 1. The first-order valence-electron chi connectivity index (χ1n) is 8.91. The number of benzene rings is 1. The number of carbonyl (C=O) groups is 2. The van der Waals surface area contributed by atoms with Gasteiger partial charge >= 0.3 is 5.97 Å². The molecule has 5 nitrogen and oxygen atoms in total. The lowest BCUT2D eigenvalue weighted by Crippen LogP contribution is -2.41. The molecule has 1 atom stereocenters. The number of pyridine rings is 1. The molecule has 0 bridgehead atoms. The Bertz CT molecular complexity index is 920. The van der Waals surface area contributed by atoms with Gasteiger partial charge in [-0.05, 0) is 17.2 Å². The highest BCUT2D eigenvalue weighted by Gasteiger charge is 2.33. The minimum Gasteiger partial charge on any atom is -0.480 e. The fraction of sp³-hybridized carbons (Fsp3) is 0.381. The van der Waals surface area contributed by atoms with Crippen molar-refractivity contribution in [3.63, 3.8) is 0 Å². The van der Waals surface area contributed by atoms with Gasteiger partial charge in [-0.2, -0.15) is 0 Å². The maximum atomic E-state index is 12.4. The van der Waals surface area contributed by atoms with Crippen molar-refractivity contribution in [2.45, 2.75) is 51.4 Å². The Balaban J connectivity index is 2.13. The zero-order chi connectivity index (χ0) is 20.2. The third kappa shape index (κ3) is 5.17. The highest BCUT2D eigenvalue weighted by Crippen LogP contribution is 2.35. The van der Waals surface area contributed by atoms with Crippen LogP contribution in [0.15, 0.2) is 36.4 Å². The van der Waals surface area contributed by atoms with E-state index in [1.165, 1.54) is 0 Å². The largest absolute Gasteiger partial charge is 0.480 e. The van der Waals surface area contributed by atoms with E-state index < -0.39 is 26.0 Å². The first-order valence-corrected chi connectivity index (χ1v) is 11.9. The summed E-state index contributed by atoms with van der Waals surface area (Å²) in [6.45, 7) is 10.8. The zero-order valence-corrected chi connectivity index (χ0v) is 17.5. The Morgan fingerprint density at radius 1 is 1.19 bits per heavy atom. The van der Waals surface area contributed by atoms with Crippen molar-refractivity contribution < 1.29 is 14.7 Å². The molecule has 2 aromatic rings. The van der Waals surface area contributed by atoms with E-state index >= 15 is 0 Å². The van der Waals surface area contributed by atoms with Gasteiger partial charge in [-0.25, -0.2) is 9.78 Å². The second kappa shape index (κ2) is 7.93. The molecule has 2 rings (SSSR count). The summed E-state index contributed by atoms with van der Waals surface area (Å²) in [6.07, 6.45) is 0.0706. The number of hydrogen-bond acceptors (Lipinski definition) is 3. The Morgan fingerprint density at radius 2 is 1.85 bits per heavy atom. The van der Waals surface area contributed by atoms with E-state index in [0.29, 0.717) is 5.52 Å². The van der Waals surface area contributed by atoms with Crippen molar-refractivity contribution in [3.8, 4) is 11.5 Å². The van der Waals surface area contributed by atoms with Gasteiger partial charge in [0, 0.05) is 11.8 Å². The molecule has 27 heavy (non-hydrogen) atoms. The Morgan fingerprint density at radius 3 is 2.48 bits per heavy atom. The summed E-state index contributed by atoms with van der Waals surface area (Å²) in [5.74, 6) is 1.38. The Labute approximate surface area is 161 Å². The van der Waals surface area contributed by atoms with Crippen molar-refractivity contribution in [1.82, 2.24) is 10.3 Å². The number of carboxylic acid groups (broad SMARTS) is 1. The summed E-state index contributed by atoms with van der Waals surface area (Å²) in [7, 11) is -1.82. The lowest BCUT2D eigenvalue weighted by Gasteiger charge is -2.31. The van der Waals surface area contributed by atoms with Crippen LogP contribution in [0.2, 0.25) is 18.1 Å². The van der Waals surface area contributed by atoms with Crippen molar-refractivity contribution in [2.75, 3.05) is 0 Å². The molecule has 1 amide bonds. The number of hydrogen-bond donors (Lipinski definition) is 2. The first kappa shape index (κ1) is 20.7. The summed E-state index contributed by atoms with van der Waals surface area (Å²) in [4.78, 5) is 28.3. The van der Waals surface area contributed by atoms with Gasteiger partial charge in [-0.15, -0.1) is 11.5 Å². The number of fused-ring (bicyclic) bond motifs is 1. The summed E-state index contributed by atoms with van der Waals surface area (Å²) in [5.41, 5.74) is 4.16. The molecular weight excluding hydrogens is 356 g/mol. The van der Waals surface area contributed by atoms with Crippen LogP contribution in [-0.4, -0.2) is 36.1 Å². The molecular formula is C21H26N2O3Si. The van der Waals surface area contributed by atoms with Crippen LogP contribution >= 0.6 is 0 Å². The van der Waals surface area contributed by atoms with Gasteiger partial charge in [-0.1, -0.05) is 58.1 Å². The van der Waals surface area contributed by atoms with E-state index in [1.807, 2.05) is 24.3 Å². The average molecular weight is 383 g/mol.